The fourth-order valence-electron chi connectivity index (χ4n) is 2.49. The van der Waals surface area contributed by atoms with Gasteiger partial charge < -0.3 is 5.32 Å². The Kier molecular flexibility index (Phi) is 4.37. The molecule has 0 atom stereocenters. The maximum Gasteiger partial charge on any atom is 0.221 e. The predicted molar refractivity (Wildman–Crippen MR) is 91.8 cm³/mol. The Hall–Kier alpha value is -2.69. The fourth-order valence-corrected chi connectivity index (χ4v) is 2.49. The molecule has 0 bridgehead atoms. The molecule has 118 valence electrons. The number of carbonyl (C=O) groups is 1. The first-order valence-electron chi connectivity index (χ1n) is 7.90. The largest absolute Gasteiger partial charge is 0.326 e. The third kappa shape index (κ3) is 3.56. The SMILES string of the molecule is CCCCc1ccc(-n2nc3ccc(NC(C)=O)cc3n2)cc1. The van der Waals surface area contributed by atoms with Crippen molar-refractivity contribution in [3.63, 3.8) is 0 Å². The Morgan fingerprint density at radius 3 is 2.52 bits per heavy atom. The lowest BCUT2D eigenvalue weighted by molar-refractivity contribution is -0.114. The molecule has 0 spiro atoms. The molecule has 3 aromatic rings. The molecule has 0 aliphatic carbocycles. The number of amides is 1. The molecule has 0 saturated heterocycles. The zero-order valence-electron chi connectivity index (χ0n) is 13.4. The Morgan fingerprint density at radius 1 is 1.09 bits per heavy atom. The van der Waals surface area contributed by atoms with Gasteiger partial charge in [-0.25, -0.2) is 0 Å². The number of fused-ring (bicyclic) bond motifs is 1. The molecule has 1 aromatic heterocycles. The van der Waals surface area contributed by atoms with Crippen LogP contribution in [0.3, 0.4) is 0 Å². The summed E-state index contributed by atoms with van der Waals surface area (Å²) in [6, 6.07) is 13.9. The van der Waals surface area contributed by atoms with Crippen LogP contribution in [0.25, 0.3) is 16.7 Å². The van der Waals surface area contributed by atoms with Crippen LogP contribution in [0.15, 0.2) is 42.5 Å². The summed E-state index contributed by atoms with van der Waals surface area (Å²) in [7, 11) is 0. The lowest BCUT2D eigenvalue weighted by atomic mass is 10.1. The van der Waals surface area contributed by atoms with Gasteiger partial charge in [0.15, 0.2) is 0 Å². The van der Waals surface area contributed by atoms with Crippen LogP contribution >= 0.6 is 0 Å². The Balaban J connectivity index is 1.86. The zero-order valence-corrected chi connectivity index (χ0v) is 13.4. The first-order chi connectivity index (χ1) is 11.2. The molecule has 2 aromatic carbocycles. The van der Waals surface area contributed by atoms with E-state index in [1.807, 2.05) is 30.3 Å². The summed E-state index contributed by atoms with van der Waals surface area (Å²) in [5, 5.41) is 11.7. The van der Waals surface area contributed by atoms with Crippen molar-refractivity contribution in [2.45, 2.75) is 33.1 Å². The zero-order chi connectivity index (χ0) is 16.2. The third-order valence-corrected chi connectivity index (χ3v) is 3.69. The van der Waals surface area contributed by atoms with E-state index in [4.69, 9.17) is 0 Å². The van der Waals surface area contributed by atoms with Crippen LogP contribution in [0.5, 0.6) is 0 Å². The van der Waals surface area contributed by atoms with E-state index in [1.165, 1.54) is 25.3 Å². The number of benzene rings is 2. The molecule has 3 rings (SSSR count). The number of aromatic nitrogens is 3. The average Bonchev–Trinajstić information content (AvgIpc) is 2.96. The van der Waals surface area contributed by atoms with E-state index in [0.29, 0.717) is 0 Å². The molecule has 0 aliphatic heterocycles. The van der Waals surface area contributed by atoms with Gasteiger partial charge in [0.1, 0.15) is 11.0 Å². The van der Waals surface area contributed by atoms with E-state index in [9.17, 15) is 4.79 Å². The second-order valence-corrected chi connectivity index (χ2v) is 5.64. The summed E-state index contributed by atoms with van der Waals surface area (Å²) in [6.45, 7) is 3.68. The molecule has 5 nitrogen and oxygen atoms in total. The van der Waals surface area contributed by atoms with Crippen LogP contribution in [0, 0.1) is 0 Å². The maximum absolute atomic E-state index is 11.1. The third-order valence-electron chi connectivity index (χ3n) is 3.69. The van der Waals surface area contributed by atoms with Gasteiger partial charge in [0.25, 0.3) is 0 Å². The quantitative estimate of drug-likeness (QED) is 0.781. The number of nitrogens with one attached hydrogen (secondary N) is 1. The van der Waals surface area contributed by atoms with Crippen LogP contribution in [0.2, 0.25) is 0 Å². The Bertz CT molecular complexity index is 821. The molecule has 0 fully saturated rings. The number of unbranched alkanes of at least 4 members (excludes halogenated alkanes) is 1. The number of rotatable bonds is 5. The van der Waals surface area contributed by atoms with E-state index in [2.05, 4.69) is 34.6 Å². The highest BCUT2D eigenvalue weighted by molar-refractivity contribution is 5.91. The molecule has 0 aliphatic rings. The molecule has 1 amide bonds. The highest BCUT2D eigenvalue weighted by Gasteiger charge is 2.06. The minimum Gasteiger partial charge on any atom is -0.326 e. The summed E-state index contributed by atoms with van der Waals surface area (Å²) in [6.07, 6.45) is 3.50. The van der Waals surface area contributed by atoms with Gasteiger partial charge in [-0.15, -0.1) is 10.2 Å². The number of carbonyl (C=O) groups excluding carboxylic acids is 1. The summed E-state index contributed by atoms with van der Waals surface area (Å²) in [5.41, 5.74) is 4.55. The summed E-state index contributed by atoms with van der Waals surface area (Å²) >= 11 is 0. The smallest absolute Gasteiger partial charge is 0.221 e. The monoisotopic (exact) mass is 308 g/mol. The number of hydrogen-bond acceptors (Lipinski definition) is 3. The van der Waals surface area contributed by atoms with Gasteiger partial charge in [0, 0.05) is 12.6 Å². The molecule has 1 N–H and O–H groups in total. The van der Waals surface area contributed by atoms with Gasteiger partial charge >= 0.3 is 0 Å². The number of nitrogens with zero attached hydrogens (tertiary/aromatic N) is 3. The van der Waals surface area contributed by atoms with E-state index in [1.54, 1.807) is 4.80 Å². The van der Waals surface area contributed by atoms with Crippen LogP contribution in [-0.4, -0.2) is 20.9 Å². The van der Waals surface area contributed by atoms with Crippen LogP contribution < -0.4 is 5.32 Å². The second-order valence-electron chi connectivity index (χ2n) is 5.64. The Morgan fingerprint density at radius 2 is 1.83 bits per heavy atom. The average molecular weight is 308 g/mol. The highest BCUT2D eigenvalue weighted by atomic mass is 16.1. The van der Waals surface area contributed by atoms with Crippen LogP contribution in [-0.2, 0) is 11.2 Å². The molecule has 1 heterocycles. The van der Waals surface area contributed by atoms with Crippen LogP contribution in [0.1, 0.15) is 32.3 Å². The van der Waals surface area contributed by atoms with Crippen molar-refractivity contribution in [3.8, 4) is 5.69 Å². The lowest BCUT2D eigenvalue weighted by Crippen LogP contribution is -2.05. The van der Waals surface area contributed by atoms with Gasteiger partial charge in [0.2, 0.25) is 5.91 Å². The fraction of sp³-hybridized carbons (Fsp3) is 0.278. The predicted octanol–water partition coefficient (Wildman–Crippen LogP) is 3.72. The van der Waals surface area contributed by atoms with Crippen molar-refractivity contribution in [3.05, 3.63) is 48.0 Å². The van der Waals surface area contributed by atoms with E-state index < -0.39 is 0 Å². The minimum absolute atomic E-state index is 0.0978. The van der Waals surface area contributed by atoms with Crippen molar-refractivity contribution in [1.82, 2.24) is 15.0 Å². The van der Waals surface area contributed by atoms with Gasteiger partial charge in [-0.3, -0.25) is 4.79 Å². The molecular weight excluding hydrogens is 288 g/mol. The Labute approximate surface area is 135 Å². The maximum atomic E-state index is 11.1. The molecule has 0 saturated carbocycles. The first kappa shape index (κ1) is 15.2. The van der Waals surface area contributed by atoms with Gasteiger partial charge in [-0.2, -0.15) is 4.80 Å². The molecule has 5 heteroatoms. The first-order valence-corrected chi connectivity index (χ1v) is 7.90. The minimum atomic E-state index is -0.0978. The molecule has 0 radical (unpaired) electrons. The second kappa shape index (κ2) is 6.60. The van der Waals surface area contributed by atoms with Crippen molar-refractivity contribution >= 4 is 22.6 Å². The van der Waals surface area contributed by atoms with Gasteiger partial charge in [-0.1, -0.05) is 25.5 Å². The number of anilines is 1. The van der Waals surface area contributed by atoms with Crippen LogP contribution in [0.4, 0.5) is 5.69 Å². The topological polar surface area (TPSA) is 59.8 Å². The van der Waals surface area contributed by atoms with Crippen molar-refractivity contribution in [2.75, 3.05) is 5.32 Å². The normalized spacial score (nSPS) is 10.9. The lowest BCUT2D eigenvalue weighted by Gasteiger charge is -2.02. The van der Waals surface area contributed by atoms with E-state index in [-0.39, 0.29) is 5.91 Å². The molecular formula is C18H20N4O. The summed E-state index contributed by atoms with van der Waals surface area (Å²) in [4.78, 5) is 12.8. The van der Waals surface area contributed by atoms with E-state index in [0.717, 1.165) is 28.8 Å². The van der Waals surface area contributed by atoms with Crippen molar-refractivity contribution in [1.29, 1.82) is 0 Å². The van der Waals surface area contributed by atoms with Crippen molar-refractivity contribution < 1.29 is 4.79 Å². The highest BCUT2D eigenvalue weighted by Crippen LogP contribution is 2.18. The van der Waals surface area contributed by atoms with Crippen molar-refractivity contribution in [2.24, 2.45) is 0 Å². The van der Waals surface area contributed by atoms with Gasteiger partial charge in [0.05, 0.1) is 5.69 Å². The molecule has 0 unspecified atom stereocenters. The van der Waals surface area contributed by atoms with Gasteiger partial charge in [-0.05, 0) is 48.7 Å². The standard InChI is InChI=1S/C18H20N4O/c1-3-4-5-14-6-9-16(10-7-14)22-20-17-11-8-15(19-13(2)23)12-18(17)21-22/h6-12H,3-5H2,1-2H3,(H,19,23). The number of aryl methyl sites for hydroxylation is 1. The van der Waals surface area contributed by atoms with E-state index >= 15 is 0 Å². The number of hydrogen-bond donors (Lipinski definition) is 1. The molecule has 23 heavy (non-hydrogen) atoms. The summed E-state index contributed by atoms with van der Waals surface area (Å²) in [5.74, 6) is -0.0978. The summed E-state index contributed by atoms with van der Waals surface area (Å²) < 4.78 is 0.